The van der Waals surface area contributed by atoms with Gasteiger partial charge in [0.15, 0.2) is 0 Å². The lowest BCUT2D eigenvalue weighted by molar-refractivity contribution is 0.480. The SMILES string of the molecule is CCc1nc(N2CCNC(C)C2)n[nH]1. The molecule has 1 aliphatic heterocycles. The molecule has 1 aromatic heterocycles. The molecule has 1 aromatic rings. The van der Waals surface area contributed by atoms with E-state index in [-0.39, 0.29) is 0 Å². The van der Waals surface area contributed by atoms with E-state index in [4.69, 9.17) is 0 Å². The Labute approximate surface area is 83.9 Å². The molecule has 1 unspecified atom stereocenters. The van der Waals surface area contributed by atoms with E-state index in [1.165, 1.54) is 0 Å². The molecule has 0 aliphatic carbocycles. The van der Waals surface area contributed by atoms with Crippen LogP contribution >= 0.6 is 0 Å². The van der Waals surface area contributed by atoms with E-state index in [1.54, 1.807) is 0 Å². The first-order chi connectivity index (χ1) is 6.79. The minimum Gasteiger partial charge on any atom is -0.337 e. The summed E-state index contributed by atoms with van der Waals surface area (Å²) >= 11 is 0. The molecule has 0 saturated carbocycles. The standard InChI is InChI=1S/C9H17N5/c1-3-8-11-9(13-12-8)14-5-4-10-7(2)6-14/h7,10H,3-6H2,1-2H3,(H,11,12,13). The van der Waals surface area contributed by atoms with Gasteiger partial charge in [-0.05, 0) is 6.92 Å². The number of hydrogen-bond donors (Lipinski definition) is 2. The molecule has 2 rings (SSSR count). The number of aryl methyl sites for hydroxylation is 1. The third-order valence-electron chi connectivity index (χ3n) is 2.51. The zero-order chi connectivity index (χ0) is 9.97. The van der Waals surface area contributed by atoms with Crippen LogP contribution in [0.2, 0.25) is 0 Å². The molecule has 1 fully saturated rings. The molecule has 1 atom stereocenters. The van der Waals surface area contributed by atoms with Crippen molar-refractivity contribution in [3.63, 3.8) is 0 Å². The van der Waals surface area contributed by atoms with Crippen LogP contribution in [0.15, 0.2) is 0 Å². The molecule has 5 heteroatoms. The number of nitrogens with zero attached hydrogens (tertiary/aromatic N) is 3. The van der Waals surface area contributed by atoms with Crippen molar-refractivity contribution in [3.05, 3.63) is 5.82 Å². The van der Waals surface area contributed by atoms with Crippen LogP contribution in [0.25, 0.3) is 0 Å². The number of hydrogen-bond acceptors (Lipinski definition) is 4. The Balaban J connectivity index is 2.06. The number of nitrogens with one attached hydrogen (secondary N) is 2. The van der Waals surface area contributed by atoms with Gasteiger partial charge in [-0.3, -0.25) is 5.10 Å². The molecule has 0 aromatic carbocycles. The van der Waals surface area contributed by atoms with Crippen molar-refractivity contribution in [1.29, 1.82) is 0 Å². The van der Waals surface area contributed by atoms with Crippen LogP contribution in [-0.2, 0) is 6.42 Å². The number of anilines is 1. The molecule has 78 valence electrons. The van der Waals surface area contributed by atoms with Gasteiger partial charge >= 0.3 is 0 Å². The van der Waals surface area contributed by atoms with Gasteiger partial charge in [0, 0.05) is 32.1 Å². The first kappa shape index (κ1) is 9.45. The van der Waals surface area contributed by atoms with Crippen molar-refractivity contribution < 1.29 is 0 Å². The second kappa shape index (κ2) is 3.96. The van der Waals surface area contributed by atoms with Gasteiger partial charge in [0.25, 0.3) is 0 Å². The molecule has 1 aliphatic rings. The topological polar surface area (TPSA) is 56.8 Å². The smallest absolute Gasteiger partial charge is 0.244 e. The van der Waals surface area contributed by atoms with E-state index in [0.29, 0.717) is 6.04 Å². The van der Waals surface area contributed by atoms with Crippen LogP contribution in [-0.4, -0.2) is 40.9 Å². The highest BCUT2D eigenvalue weighted by Crippen LogP contribution is 2.09. The van der Waals surface area contributed by atoms with E-state index in [0.717, 1.165) is 37.8 Å². The average molecular weight is 195 g/mol. The van der Waals surface area contributed by atoms with E-state index in [9.17, 15) is 0 Å². The lowest BCUT2D eigenvalue weighted by Crippen LogP contribution is -2.49. The van der Waals surface area contributed by atoms with Crippen LogP contribution in [0.1, 0.15) is 19.7 Å². The minimum atomic E-state index is 0.521. The zero-order valence-electron chi connectivity index (χ0n) is 8.75. The summed E-state index contributed by atoms with van der Waals surface area (Å²) in [7, 11) is 0. The van der Waals surface area contributed by atoms with E-state index in [2.05, 4.69) is 39.2 Å². The maximum Gasteiger partial charge on any atom is 0.244 e. The number of aromatic amines is 1. The highest BCUT2D eigenvalue weighted by atomic mass is 15.4. The fraction of sp³-hybridized carbons (Fsp3) is 0.778. The number of piperazine rings is 1. The fourth-order valence-electron chi connectivity index (χ4n) is 1.70. The Bertz CT molecular complexity index is 295. The van der Waals surface area contributed by atoms with E-state index < -0.39 is 0 Å². The molecule has 0 spiro atoms. The summed E-state index contributed by atoms with van der Waals surface area (Å²) in [5.74, 6) is 1.81. The van der Waals surface area contributed by atoms with Gasteiger partial charge in [0.05, 0.1) is 0 Å². The van der Waals surface area contributed by atoms with Crippen molar-refractivity contribution in [3.8, 4) is 0 Å². The Morgan fingerprint density at radius 2 is 2.43 bits per heavy atom. The van der Waals surface area contributed by atoms with Crippen LogP contribution in [0.4, 0.5) is 5.95 Å². The van der Waals surface area contributed by atoms with Crippen LogP contribution < -0.4 is 10.2 Å². The maximum atomic E-state index is 4.42. The molecule has 14 heavy (non-hydrogen) atoms. The summed E-state index contributed by atoms with van der Waals surface area (Å²) < 4.78 is 0. The monoisotopic (exact) mass is 195 g/mol. The van der Waals surface area contributed by atoms with Gasteiger partial charge in [-0.2, -0.15) is 4.98 Å². The number of aromatic nitrogens is 3. The molecule has 2 heterocycles. The van der Waals surface area contributed by atoms with Crippen LogP contribution in [0, 0.1) is 0 Å². The largest absolute Gasteiger partial charge is 0.337 e. The average Bonchev–Trinajstić information content (AvgIpc) is 2.66. The Morgan fingerprint density at radius 1 is 1.57 bits per heavy atom. The zero-order valence-corrected chi connectivity index (χ0v) is 8.75. The molecule has 2 N–H and O–H groups in total. The Morgan fingerprint density at radius 3 is 3.07 bits per heavy atom. The predicted molar refractivity (Wildman–Crippen MR) is 55.4 cm³/mol. The first-order valence-electron chi connectivity index (χ1n) is 5.19. The summed E-state index contributed by atoms with van der Waals surface area (Å²) in [6.07, 6.45) is 0.911. The van der Waals surface area contributed by atoms with E-state index in [1.807, 2.05) is 0 Å². The summed E-state index contributed by atoms with van der Waals surface area (Å²) in [6, 6.07) is 0.521. The number of H-pyrrole nitrogens is 1. The molecule has 0 radical (unpaired) electrons. The maximum absolute atomic E-state index is 4.42. The lowest BCUT2D eigenvalue weighted by atomic mass is 10.2. The first-order valence-corrected chi connectivity index (χ1v) is 5.19. The summed E-state index contributed by atoms with van der Waals surface area (Å²) in [4.78, 5) is 6.64. The van der Waals surface area contributed by atoms with Crippen LogP contribution in [0.3, 0.4) is 0 Å². The molecular weight excluding hydrogens is 178 g/mol. The second-order valence-corrected chi connectivity index (χ2v) is 3.74. The highest BCUT2D eigenvalue weighted by Gasteiger charge is 2.18. The Kier molecular flexibility index (Phi) is 2.67. The van der Waals surface area contributed by atoms with Gasteiger partial charge in [0.1, 0.15) is 5.82 Å². The van der Waals surface area contributed by atoms with Crippen molar-refractivity contribution >= 4 is 5.95 Å². The van der Waals surface area contributed by atoms with Gasteiger partial charge in [-0.1, -0.05) is 6.92 Å². The number of rotatable bonds is 2. The van der Waals surface area contributed by atoms with Gasteiger partial charge in [-0.15, -0.1) is 5.10 Å². The van der Waals surface area contributed by atoms with Crippen molar-refractivity contribution in [2.75, 3.05) is 24.5 Å². The molecule has 0 bridgehead atoms. The lowest BCUT2D eigenvalue weighted by Gasteiger charge is -2.30. The van der Waals surface area contributed by atoms with E-state index >= 15 is 0 Å². The molecule has 1 saturated heterocycles. The highest BCUT2D eigenvalue weighted by molar-refractivity contribution is 5.30. The van der Waals surface area contributed by atoms with Gasteiger partial charge in [0.2, 0.25) is 5.95 Å². The molecule has 0 amide bonds. The quantitative estimate of drug-likeness (QED) is 0.706. The van der Waals surface area contributed by atoms with Crippen molar-refractivity contribution in [2.45, 2.75) is 26.3 Å². The van der Waals surface area contributed by atoms with Crippen LogP contribution in [0.5, 0.6) is 0 Å². The molecular formula is C9H17N5. The Hall–Kier alpha value is -1.10. The predicted octanol–water partition coefficient (Wildman–Crippen LogP) is 0.165. The summed E-state index contributed by atoms with van der Waals surface area (Å²) in [5, 5.41) is 10.5. The molecule has 5 nitrogen and oxygen atoms in total. The van der Waals surface area contributed by atoms with Gasteiger partial charge < -0.3 is 10.2 Å². The third-order valence-corrected chi connectivity index (χ3v) is 2.51. The summed E-state index contributed by atoms with van der Waals surface area (Å²) in [6.45, 7) is 7.24. The summed E-state index contributed by atoms with van der Waals surface area (Å²) in [5.41, 5.74) is 0. The van der Waals surface area contributed by atoms with Gasteiger partial charge in [-0.25, -0.2) is 0 Å². The fourth-order valence-corrected chi connectivity index (χ4v) is 1.70. The second-order valence-electron chi connectivity index (χ2n) is 3.74. The third kappa shape index (κ3) is 1.87. The van der Waals surface area contributed by atoms with Crippen molar-refractivity contribution in [1.82, 2.24) is 20.5 Å². The van der Waals surface area contributed by atoms with Crippen molar-refractivity contribution in [2.24, 2.45) is 0 Å². The normalized spacial score (nSPS) is 22.7. The minimum absolute atomic E-state index is 0.521.